The van der Waals surface area contributed by atoms with Gasteiger partial charge in [-0.05, 0) is 11.6 Å². The van der Waals surface area contributed by atoms with Gasteiger partial charge in [-0.15, -0.1) is 0 Å². The van der Waals surface area contributed by atoms with E-state index in [4.69, 9.17) is 4.42 Å². The summed E-state index contributed by atoms with van der Waals surface area (Å²) in [6.07, 6.45) is 0.0547. The van der Waals surface area contributed by atoms with Gasteiger partial charge in [0.25, 0.3) is 0 Å². The first-order chi connectivity index (χ1) is 12.1. The second kappa shape index (κ2) is 7.53. The number of aliphatic hydroxyl groups is 1. The molecule has 0 aliphatic carbocycles. The average molecular weight is 337 g/mol. The van der Waals surface area contributed by atoms with E-state index in [-0.39, 0.29) is 12.3 Å². The highest BCUT2D eigenvalue weighted by Gasteiger charge is 2.20. The van der Waals surface area contributed by atoms with E-state index >= 15 is 0 Å². The molecule has 1 amide bonds. The zero-order valence-electron chi connectivity index (χ0n) is 14.6. The van der Waals surface area contributed by atoms with Crippen LogP contribution in [0, 0.1) is 0 Å². The van der Waals surface area contributed by atoms with Crippen molar-refractivity contribution in [1.29, 1.82) is 0 Å². The maximum absolute atomic E-state index is 12.5. The van der Waals surface area contributed by atoms with E-state index in [1.807, 2.05) is 61.5 Å². The van der Waals surface area contributed by atoms with Crippen molar-refractivity contribution in [3.8, 4) is 0 Å². The molecule has 1 aromatic heterocycles. The van der Waals surface area contributed by atoms with Crippen molar-refractivity contribution in [2.24, 2.45) is 0 Å². The Kier molecular flexibility index (Phi) is 5.19. The minimum Gasteiger partial charge on any atom is -0.461 e. The smallest absolute Gasteiger partial charge is 0.225 e. The summed E-state index contributed by atoms with van der Waals surface area (Å²) < 4.78 is 5.89. The number of aliphatic hydroxyl groups excluding tert-OH is 1. The van der Waals surface area contributed by atoms with Crippen molar-refractivity contribution in [2.75, 3.05) is 7.05 Å². The molecule has 1 N–H and O–H groups in total. The molecule has 4 nitrogen and oxygen atoms in total. The number of rotatable bonds is 6. The molecule has 1 atom stereocenters. The summed E-state index contributed by atoms with van der Waals surface area (Å²) in [4.78, 5) is 14.2. The lowest BCUT2D eigenvalue weighted by Crippen LogP contribution is -2.27. The van der Waals surface area contributed by atoms with E-state index in [1.165, 1.54) is 0 Å². The quantitative estimate of drug-likeness (QED) is 0.737. The van der Waals surface area contributed by atoms with E-state index in [0.29, 0.717) is 6.54 Å². The van der Waals surface area contributed by atoms with Crippen LogP contribution in [0.4, 0.5) is 0 Å². The third-order valence-electron chi connectivity index (χ3n) is 4.48. The van der Waals surface area contributed by atoms with Gasteiger partial charge in [-0.3, -0.25) is 4.79 Å². The minimum absolute atomic E-state index is 0.0672. The Hall–Kier alpha value is -2.59. The number of hydrogen-bond acceptors (Lipinski definition) is 3. The highest BCUT2D eigenvalue weighted by Crippen LogP contribution is 2.28. The Morgan fingerprint density at radius 1 is 1.12 bits per heavy atom. The molecular formula is C21H23NO3. The number of furan rings is 1. The number of hydrogen-bond donors (Lipinski definition) is 1. The fourth-order valence-corrected chi connectivity index (χ4v) is 3.05. The van der Waals surface area contributed by atoms with Gasteiger partial charge in [0, 0.05) is 31.0 Å². The maximum Gasteiger partial charge on any atom is 0.225 e. The van der Waals surface area contributed by atoms with Gasteiger partial charge in [-0.25, -0.2) is 0 Å². The van der Waals surface area contributed by atoms with Crippen molar-refractivity contribution in [2.45, 2.75) is 32.4 Å². The Bertz CT molecular complexity index is 854. The first-order valence-corrected chi connectivity index (χ1v) is 8.56. The lowest BCUT2D eigenvalue weighted by Gasteiger charge is -2.19. The van der Waals surface area contributed by atoms with Crippen LogP contribution in [0.2, 0.25) is 0 Å². The van der Waals surface area contributed by atoms with Crippen molar-refractivity contribution < 1.29 is 14.3 Å². The molecule has 0 saturated heterocycles. The van der Waals surface area contributed by atoms with Crippen LogP contribution >= 0.6 is 0 Å². The van der Waals surface area contributed by atoms with Crippen molar-refractivity contribution >= 4 is 16.9 Å². The van der Waals surface area contributed by atoms with Crippen LogP contribution in [-0.4, -0.2) is 23.0 Å². The van der Waals surface area contributed by atoms with E-state index in [9.17, 15) is 9.90 Å². The lowest BCUT2D eigenvalue weighted by atomic mass is 10.1. The predicted octanol–water partition coefficient (Wildman–Crippen LogP) is 4.08. The molecular weight excluding hydrogens is 314 g/mol. The molecule has 0 aliphatic rings. The fraction of sp³-hybridized carbons (Fsp3) is 0.286. The van der Waals surface area contributed by atoms with Gasteiger partial charge in [-0.2, -0.15) is 0 Å². The summed E-state index contributed by atoms with van der Waals surface area (Å²) in [5, 5.41) is 11.3. The summed E-state index contributed by atoms with van der Waals surface area (Å²) in [5.41, 5.74) is 2.65. The summed E-state index contributed by atoms with van der Waals surface area (Å²) in [5.74, 6) is 0.813. The maximum atomic E-state index is 12.5. The fourth-order valence-electron chi connectivity index (χ4n) is 3.05. The van der Waals surface area contributed by atoms with Gasteiger partial charge < -0.3 is 14.4 Å². The third-order valence-corrected chi connectivity index (χ3v) is 4.48. The van der Waals surface area contributed by atoms with Gasteiger partial charge in [0.15, 0.2) is 0 Å². The average Bonchev–Trinajstić information content (AvgIpc) is 3.00. The van der Waals surface area contributed by atoms with Crippen LogP contribution < -0.4 is 0 Å². The molecule has 1 unspecified atom stereocenters. The summed E-state index contributed by atoms with van der Waals surface area (Å²) in [6.45, 7) is 2.52. The Morgan fingerprint density at radius 2 is 1.80 bits per heavy atom. The Labute approximate surface area is 147 Å². The third kappa shape index (κ3) is 3.74. The molecule has 1 heterocycles. The summed E-state index contributed by atoms with van der Waals surface area (Å²) >= 11 is 0. The monoisotopic (exact) mass is 337 g/mol. The molecule has 2 aromatic carbocycles. The Morgan fingerprint density at radius 3 is 2.52 bits per heavy atom. The lowest BCUT2D eigenvalue weighted by molar-refractivity contribution is -0.132. The Balaban J connectivity index is 1.74. The van der Waals surface area contributed by atoms with Crippen molar-refractivity contribution in [1.82, 2.24) is 4.90 Å². The number of carbonyl (C=O) groups is 1. The number of carbonyl (C=O) groups excluding carboxylic acids is 1. The number of amides is 1. The van der Waals surface area contributed by atoms with Gasteiger partial charge in [0.2, 0.25) is 5.91 Å². The highest BCUT2D eigenvalue weighted by molar-refractivity contribution is 5.83. The first kappa shape index (κ1) is 17.2. The van der Waals surface area contributed by atoms with E-state index in [2.05, 4.69) is 0 Å². The van der Waals surface area contributed by atoms with Crippen molar-refractivity contribution in [3.63, 3.8) is 0 Å². The SMILES string of the molecule is CCc1oc2ccccc2c1CN(C)C(=O)CC(O)c1ccccc1. The number of para-hydroxylation sites is 1. The number of benzene rings is 2. The number of nitrogens with zero attached hydrogens (tertiary/aromatic N) is 1. The van der Waals surface area contributed by atoms with Gasteiger partial charge in [0.1, 0.15) is 11.3 Å². The molecule has 130 valence electrons. The second-order valence-electron chi connectivity index (χ2n) is 6.23. The largest absolute Gasteiger partial charge is 0.461 e. The standard InChI is InChI=1S/C21H23NO3/c1-3-19-17(16-11-7-8-12-20(16)25-19)14-22(2)21(24)13-18(23)15-9-5-4-6-10-15/h4-12,18,23H,3,13-14H2,1-2H3. The zero-order chi connectivity index (χ0) is 17.8. The zero-order valence-corrected chi connectivity index (χ0v) is 14.6. The van der Waals surface area contributed by atoms with Crippen LogP contribution in [0.1, 0.15) is 36.3 Å². The first-order valence-electron chi connectivity index (χ1n) is 8.56. The summed E-state index contributed by atoms with van der Waals surface area (Å²) in [6, 6.07) is 17.1. The molecule has 0 radical (unpaired) electrons. The summed E-state index contributed by atoms with van der Waals surface area (Å²) in [7, 11) is 1.77. The molecule has 0 aliphatic heterocycles. The van der Waals surface area contributed by atoms with Crippen LogP contribution in [-0.2, 0) is 17.8 Å². The normalized spacial score (nSPS) is 12.3. The van der Waals surface area contributed by atoms with Gasteiger partial charge in [0.05, 0.1) is 12.5 Å². The van der Waals surface area contributed by atoms with E-state index in [1.54, 1.807) is 11.9 Å². The van der Waals surface area contributed by atoms with Crippen molar-refractivity contribution in [3.05, 3.63) is 71.5 Å². The molecule has 3 aromatic rings. The van der Waals surface area contributed by atoms with Crippen LogP contribution in [0.25, 0.3) is 11.0 Å². The van der Waals surface area contributed by atoms with Gasteiger partial charge >= 0.3 is 0 Å². The van der Waals surface area contributed by atoms with Gasteiger partial charge in [-0.1, -0.05) is 55.5 Å². The highest BCUT2D eigenvalue weighted by atomic mass is 16.3. The number of aryl methyl sites for hydroxylation is 1. The molecule has 0 bridgehead atoms. The molecule has 3 rings (SSSR count). The molecule has 4 heteroatoms. The molecule has 0 spiro atoms. The van der Waals surface area contributed by atoms with E-state index < -0.39 is 6.10 Å². The predicted molar refractivity (Wildman–Crippen MR) is 98.1 cm³/mol. The molecule has 0 fully saturated rings. The second-order valence-corrected chi connectivity index (χ2v) is 6.23. The molecule has 0 saturated carbocycles. The number of fused-ring (bicyclic) bond motifs is 1. The molecule has 25 heavy (non-hydrogen) atoms. The topological polar surface area (TPSA) is 53.7 Å². The van der Waals surface area contributed by atoms with Crippen LogP contribution in [0.15, 0.2) is 59.0 Å². The van der Waals surface area contributed by atoms with Crippen LogP contribution in [0.3, 0.4) is 0 Å². The minimum atomic E-state index is -0.789. The van der Waals surface area contributed by atoms with Crippen LogP contribution in [0.5, 0.6) is 0 Å². The van der Waals surface area contributed by atoms with E-state index in [0.717, 1.165) is 34.3 Å².